The van der Waals surface area contributed by atoms with Crippen LogP contribution in [0.3, 0.4) is 0 Å². The molecule has 0 spiro atoms. The van der Waals surface area contributed by atoms with E-state index in [1.54, 1.807) is 27.7 Å². The van der Waals surface area contributed by atoms with Crippen LogP contribution in [0.5, 0.6) is 0 Å². The fourth-order valence-corrected chi connectivity index (χ4v) is 1.15. The molecule has 0 fully saturated rings. The number of rotatable bonds is 7. The zero-order chi connectivity index (χ0) is 15.7. The number of nitrogens with one attached hydrogen (secondary N) is 2. The Balaban J connectivity index is 4.05. The number of aliphatic hydroxyl groups excluding tert-OH is 2. The van der Waals surface area contributed by atoms with E-state index in [-0.39, 0.29) is 11.8 Å². The van der Waals surface area contributed by atoms with Gasteiger partial charge in [-0.05, 0) is 24.0 Å². The van der Waals surface area contributed by atoms with E-state index in [1.807, 2.05) is 0 Å². The molecule has 2 unspecified atom stereocenters. The first kappa shape index (κ1) is 18.3. The molecule has 0 aromatic rings. The third kappa shape index (κ3) is 7.06. The molecule has 0 aliphatic rings. The van der Waals surface area contributed by atoms with E-state index in [1.165, 1.54) is 24.6 Å². The van der Waals surface area contributed by atoms with E-state index >= 15 is 0 Å². The molecule has 6 nitrogen and oxygen atoms in total. The molecule has 0 radical (unpaired) electrons. The Morgan fingerprint density at radius 3 is 1.35 bits per heavy atom. The van der Waals surface area contributed by atoms with Crippen LogP contribution in [0, 0.1) is 11.8 Å². The summed E-state index contributed by atoms with van der Waals surface area (Å²) in [5.74, 6) is -1.28. The maximum absolute atomic E-state index is 11.4. The van der Waals surface area contributed by atoms with Gasteiger partial charge in [0.1, 0.15) is 12.2 Å². The number of aliphatic hydroxyl groups is 2. The van der Waals surface area contributed by atoms with Crippen LogP contribution in [-0.4, -0.2) is 34.2 Å². The van der Waals surface area contributed by atoms with Crippen molar-refractivity contribution < 1.29 is 19.8 Å². The molecule has 4 N–H and O–H groups in total. The molecule has 0 aromatic carbocycles. The lowest BCUT2D eigenvalue weighted by molar-refractivity contribution is -0.131. The van der Waals surface area contributed by atoms with Crippen LogP contribution in [0.2, 0.25) is 0 Å². The topological polar surface area (TPSA) is 98.7 Å². The molecule has 2 amide bonds. The summed E-state index contributed by atoms with van der Waals surface area (Å²) in [7, 11) is 0. The van der Waals surface area contributed by atoms with E-state index in [0.717, 1.165) is 0 Å². The zero-order valence-corrected chi connectivity index (χ0v) is 12.3. The number of carbonyl (C=O) groups is 2. The lowest BCUT2D eigenvalue weighted by atomic mass is 10.1. The minimum Gasteiger partial charge on any atom is -0.383 e. The predicted molar refractivity (Wildman–Crippen MR) is 76.3 cm³/mol. The monoisotopic (exact) mass is 284 g/mol. The Labute approximate surface area is 119 Å². The largest absolute Gasteiger partial charge is 0.383 e. The highest BCUT2D eigenvalue weighted by atomic mass is 16.3. The molecule has 114 valence electrons. The molecule has 20 heavy (non-hydrogen) atoms. The van der Waals surface area contributed by atoms with E-state index in [0.29, 0.717) is 0 Å². The highest BCUT2D eigenvalue weighted by molar-refractivity contribution is 5.82. The van der Waals surface area contributed by atoms with Crippen LogP contribution >= 0.6 is 0 Å². The first-order chi connectivity index (χ1) is 9.27. The van der Waals surface area contributed by atoms with Gasteiger partial charge in [0.25, 0.3) is 11.8 Å². The molecule has 0 rings (SSSR count). The van der Waals surface area contributed by atoms with Gasteiger partial charge in [0.15, 0.2) is 0 Å². The standard InChI is InChI=1S/C14H24N2O4/c1-9(2)11(17)13(19)15-7-5-6-8-16-14(20)12(18)10(3)4/h5-12,17-18H,1-4H3,(H,15,19)(H,16,20)/b7-5-,8-6-. The third-order valence-electron chi connectivity index (χ3n) is 2.55. The quantitative estimate of drug-likeness (QED) is 0.505. The lowest BCUT2D eigenvalue weighted by Gasteiger charge is -2.12. The van der Waals surface area contributed by atoms with Crippen molar-refractivity contribution in [3.05, 3.63) is 24.6 Å². The molecule has 6 heteroatoms. The highest BCUT2D eigenvalue weighted by Crippen LogP contribution is 2.01. The van der Waals surface area contributed by atoms with Crippen LogP contribution in [-0.2, 0) is 9.59 Å². The van der Waals surface area contributed by atoms with E-state index in [9.17, 15) is 19.8 Å². The first-order valence-corrected chi connectivity index (χ1v) is 6.56. The van der Waals surface area contributed by atoms with Crippen LogP contribution in [0.15, 0.2) is 24.6 Å². The van der Waals surface area contributed by atoms with Crippen molar-refractivity contribution in [1.29, 1.82) is 0 Å². The van der Waals surface area contributed by atoms with Crippen molar-refractivity contribution in [3.8, 4) is 0 Å². The van der Waals surface area contributed by atoms with Crippen LogP contribution in [0.4, 0.5) is 0 Å². The van der Waals surface area contributed by atoms with Crippen molar-refractivity contribution in [3.63, 3.8) is 0 Å². The average molecular weight is 284 g/mol. The number of hydrogen-bond acceptors (Lipinski definition) is 4. The maximum atomic E-state index is 11.4. The van der Waals surface area contributed by atoms with Gasteiger partial charge in [0.2, 0.25) is 0 Å². The van der Waals surface area contributed by atoms with Crippen LogP contribution < -0.4 is 10.6 Å². The summed E-state index contributed by atoms with van der Waals surface area (Å²) in [5, 5.41) is 23.7. The molecule has 0 saturated heterocycles. The van der Waals surface area contributed by atoms with Gasteiger partial charge in [0, 0.05) is 12.4 Å². The number of carbonyl (C=O) groups excluding carboxylic acids is 2. The van der Waals surface area contributed by atoms with Crippen molar-refractivity contribution in [2.45, 2.75) is 39.9 Å². The smallest absolute Gasteiger partial charge is 0.253 e. The van der Waals surface area contributed by atoms with Gasteiger partial charge in [-0.1, -0.05) is 27.7 Å². The van der Waals surface area contributed by atoms with E-state index in [4.69, 9.17) is 0 Å². The van der Waals surface area contributed by atoms with E-state index in [2.05, 4.69) is 10.6 Å². The SMILES string of the molecule is CC(C)C(O)C(=O)N/C=C\C=C/NC(=O)C(O)C(C)C. The second kappa shape index (κ2) is 9.28. The molecule has 0 aromatic heterocycles. The first-order valence-electron chi connectivity index (χ1n) is 6.56. The van der Waals surface area contributed by atoms with Crippen molar-refractivity contribution in [2.75, 3.05) is 0 Å². The summed E-state index contributed by atoms with van der Waals surface area (Å²) in [6, 6.07) is 0. The number of hydrogen-bond donors (Lipinski definition) is 4. The molecule has 0 bridgehead atoms. The minimum absolute atomic E-state index is 0.157. The molecule has 0 saturated carbocycles. The van der Waals surface area contributed by atoms with Crippen molar-refractivity contribution >= 4 is 11.8 Å². The fraction of sp³-hybridized carbons (Fsp3) is 0.571. The Morgan fingerprint density at radius 2 is 1.10 bits per heavy atom. The van der Waals surface area contributed by atoms with Gasteiger partial charge < -0.3 is 20.8 Å². The Kier molecular flexibility index (Phi) is 8.51. The van der Waals surface area contributed by atoms with Gasteiger partial charge in [0.05, 0.1) is 0 Å². The molecular formula is C14H24N2O4. The molecule has 0 aliphatic carbocycles. The zero-order valence-electron chi connectivity index (χ0n) is 12.3. The second-order valence-electron chi connectivity index (χ2n) is 5.11. The third-order valence-corrected chi connectivity index (χ3v) is 2.55. The molecule has 0 heterocycles. The summed E-state index contributed by atoms with van der Waals surface area (Å²) in [5.41, 5.74) is 0. The summed E-state index contributed by atoms with van der Waals surface area (Å²) in [6.07, 6.45) is 3.60. The van der Waals surface area contributed by atoms with Crippen LogP contribution in [0.25, 0.3) is 0 Å². The van der Waals surface area contributed by atoms with Crippen LogP contribution in [0.1, 0.15) is 27.7 Å². The second-order valence-corrected chi connectivity index (χ2v) is 5.11. The fourth-order valence-electron chi connectivity index (χ4n) is 1.15. The Bertz CT molecular complexity index is 339. The van der Waals surface area contributed by atoms with E-state index < -0.39 is 24.0 Å². The van der Waals surface area contributed by atoms with Gasteiger partial charge in [-0.2, -0.15) is 0 Å². The summed E-state index contributed by atoms with van der Waals surface area (Å²) >= 11 is 0. The molecule has 0 aliphatic heterocycles. The molecular weight excluding hydrogens is 260 g/mol. The predicted octanol–water partition coefficient (Wildman–Crippen LogP) is 0.280. The Morgan fingerprint density at radius 1 is 0.800 bits per heavy atom. The summed E-state index contributed by atoms with van der Waals surface area (Å²) in [6.45, 7) is 6.96. The van der Waals surface area contributed by atoms with Gasteiger partial charge >= 0.3 is 0 Å². The van der Waals surface area contributed by atoms with Crippen molar-refractivity contribution in [2.24, 2.45) is 11.8 Å². The lowest BCUT2D eigenvalue weighted by Crippen LogP contribution is -2.35. The molecule has 2 atom stereocenters. The number of amides is 2. The Hall–Kier alpha value is -1.66. The van der Waals surface area contributed by atoms with Gasteiger partial charge in [-0.25, -0.2) is 0 Å². The van der Waals surface area contributed by atoms with Gasteiger partial charge in [-0.15, -0.1) is 0 Å². The normalized spacial score (nSPS) is 15.0. The summed E-state index contributed by atoms with van der Waals surface area (Å²) in [4.78, 5) is 22.7. The highest BCUT2D eigenvalue weighted by Gasteiger charge is 2.17. The van der Waals surface area contributed by atoms with Gasteiger partial charge in [-0.3, -0.25) is 9.59 Å². The van der Waals surface area contributed by atoms with Crippen molar-refractivity contribution in [1.82, 2.24) is 10.6 Å². The average Bonchev–Trinajstić information content (AvgIpc) is 2.39. The summed E-state index contributed by atoms with van der Waals surface area (Å²) < 4.78 is 0. The minimum atomic E-state index is -1.05. The number of allylic oxidation sites excluding steroid dienone is 2. The maximum Gasteiger partial charge on any atom is 0.253 e.